The van der Waals surface area contributed by atoms with E-state index >= 15 is 0 Å². The van der Waals surface area contributed by atoms with Gasteiger partial charge < -0.3 is 5.11 Å². The van der Waals surface area contributed by atoms with Crippen LogP contribution in [0.3, 0.4) is 0 Å². The van der Waals surface area contributed by atoms with Crippen LogP contribution in [0.2, 0.25) is 0 Å². The lowest BCUT2D eigenvalue weighted by Gasteiger charge is -2.14. The van der Waals surface area contributed by atoms with Crippen LogP contribution in [0.5, 0.6) is 5.75 Å². The summed E-state index contributed by atoms with van der Waals surface area (Å²) in [6, 6.07) is 21.7. The number of rotatable bonds is 3. The van der Waals surface area contributed by atoms with Gasteiger partial charge in [0.1, 0.15) is 5.75 Å². The molecule has 0 saturated carbocycles. The van der Waals surface area contributed by atoms with Gasteiger partial charge in [-0.3, -0.25) is 4.98 Å². The van der Waals surface area contributed by atoms with Crippen molar-refractivity contribution >= 4 is 21.6 Å². The average molecular weight is 370 g/mol. The molecular weight excluding hydrogens is 356 g/mol. The Morgan fingerprint density at radius 3 is 2.63 bits per heavy atom. The molecule has 0 saturated heterocycles. The van der Waals surface area contributed by atoms with Crippen LogP contribution in [0.4, 0.5) is 0 Å². The number of nitrogens with zero attached hydrogens (tertiary/aromatic N) is 2. The molecule has 3 aromatic carbocycles. The predicted molar refractivity (Wildman–Crippen MR) is 105 cm³/mol. The van der Waals surface area contributed by atoms with Crippen LogP contribution >= 0.6 is 0 Å². The molecule has 1 heterocycles. The highest BCUT2D eigenvalue weighted by Gasteiger charge is 2.20. The van der Waals surface area contributed by atoms with Gasteiger partial charge in [0, 0.05) is 33.8 Å². The minimum atomic E-state index is -1.65. The normalized spacial score (nSPS) is 11.8. The summed E-state index contributed by atoms with van der Waals surface area (Å²) >= 11 is 0. The van der Waals surface area contributed by atoms with E-state index in [0.29, 0.717) is 26.3 Å². The monoisotopic (exact) mass is 370 g/mol. The highest BCUT2D eigenvalue weighted by Crippen LogP contribution is 2.40. The first-order valence-corrected chi connectivity index (χ1v) is 9.41. The number of phenolic OH excluding ortho intramolecular Hbond substituents is 1. The molecule has 0 aliphatic carbocycles. The topological polar surface area (TPSA) is 74.0 Å². The fourth-order valence-electron chi connectivity index (χ4n) is 3.03. The lowest BCUT2D eigenvalue weighted by Crippen LogP contribution is -1.97. The Morgan fingerprint density at radius 2 is 1.85 bits per heavy atom. The van der Waals surface area contributed by atoms with Gasteiger partial charge in [-0.25, -0.2) is 4.21 Å². The van der Waals surface area contributed by atoms with Crippen molar-refractivity contribution < 1.29 is 9.32 Å². The number of aromatic nitrogens is 1. The quantitative estimate of drug-likeness (QED) is 0.570. The lowest BCUT2D eigenvalue weighted by molar-refractivity contribution is 0.465. The van der Waals surface area contributed by atoms with Crippen molar-refractivity contribution in [3.63, 3.8) is 0 Å². The van der Waals surface area contributed by atoms with Crippen LogP contribution in [-0.2, 0) is 10.8 Å². The summed E-state index contributed by atoms with van der Waals surface area (Å²) in [5, 5.41) is 21.7. The predicted octanol–water partition coefficient (Wildman–Crippen LogP) is 4.65. The second-order valence-corrected chi connectivity index (χ2v) is 7.39. The first-order valence-electron chi connectivity index (χ1n) is 8.26. The molecule has 0 bridgehead atoms. The van der Waals surface area contributed by atoms with Crippen molar-refractivity contribution in [2.24, 2.45) is 0 Å². The van der Waals surface area contributed by atoms with E-state index in [-0.39, 0.29) is 5.75 Å². The maximum absolute atomic E-state index is 13.4. The van der Waals surface area contributed by atoms with Crippen molar-refractivity contribution in [3.05, 3.63) is 84.7 Å². The fraction of sp³-hybridized carbons (Fsp3) is 0. The van der Waals surface area contributed by atoms with Gasteiger partial charge in [0.25, 0.3) is 0 Å². The molecule has 4 nitrogen and oxygen atoms in total. The van der Waals surface area contributed by atoms with Crippen LogP contribution in [0.15, 0.2) is 88.9 Å². The Hall–Kier alpha value is -3.49. The van der Waals surface area contributed by atoms with Crippen LogP contribution in [-0.4, -0.2) is 14.3 Å². The third-order valence-corrected chi connectivity index (χ3v) is 5.78. The summed E-state index contributed by atoms with van der Waals surface area (Å²) in [7, 11) is -1.65. The number of nitriles is 1. The molecule has 0 aliphatic rings. The Morgan fingerprint density at radius 1 is 1.00 bits per heavy atom. The number of benzene rings is 3. The Balaban J connectivity index is 2.00. The molecule has 0 aliphatic heterocycles. The highest BCUT2D eigenvalue weighted by atomic mass is 32.2. The van der Waals surface area contributed by atoms with Crippen LogP contribution in [0, 0.1) is 11.3 Å². The zero-order chi connectivity index (χ0) is 18.8. The molecule has 0 spiro atoms. The maximum Gasteiger partial charge on any atom is 0.140 e. The minimum absolute atomic E-state index is 0.0394. The lowest BCUT2D eigenvalue weighted by atomic mass is 10.0. The molecular formula is C22H14N2O2S. The average Bonchev–Trinajstić information content (AvgIpc) is 2.73. The van der Waals surface area contributed by atoms with E-state index in [4.69, 9.17) is 5.26 Å². The standard InChI is InChI=1S/C22H14N2O2S/c23-13-15-5-3-8-18(11-15)27(26)22-19-9-2-1-6-16(19)12-20(21(22)25)17-7-4-10-24-14-17/h1-12,14,25H. The third kappa shape index (κ3) is 3.07. The molecule has 1 N–H and O–H groups in total. The molecule has 1 aromatic heterocycles. The van der Waals surface area contributed by atoms with Crippen LogP contribution in [0.1, 0.15) is 5.56 Å². The molecule has 0 amide bonds. The zero-order valence-electron chi connectivity index (χ0n) is 14.2. The van der Waals surface area contributed by atoms with Gasteiger partial charge in [0.15, 0.2) is 0 Å². The van der Waals surface area contributed by atoms with Crippen LogP contribution < -0.4 is 0 Å². The zero-order valence-corrected chi connectivity index (χ0v) is 15.0. The van der Waals surface area contributed by atoms with Crippen molar-refractivity contribution in [1.29, 1.82) is 5.26 Å². The fourth-order valence-corrected chi connectivity index (χ4v) is 4.38. The molecule has 27 heavy (non-hydrogen) atoms. The second kappa shape index (κ2) is 7.02. The first-order chi connectivity index (χ1) is 13.2. The molecule has 0 fully saturated rings. The summed E-state index contributed by atoms with van der Waals surface area (Å²) in [5.74, 6) is -0.0394. The summed E-state index contributed by atoms with van der Waals surface area (Å²) in [5.41, 5.74) is 1.74. The number of pyridine rings is 1. The number of aromatic hydroxyl groups is 1. The van der Waals surface area contributed by atoms with Crippen molar-refractivity contribution in [1.82, 2.24) is 4.98 Å². The van der Waals surface area contributed by atoms with Crippen molar-refractivity contribution in [3.8, 4) is 22.9 Å². The Kier molecular flexibility index (Phi) is 4.41. The SMILES string of the molecule is N#Cc1cccc(S(=O)c2c(O)c(-c3cccnc3)cc3ccccc23)c1. The second-order valence-electron chi connectivity index (χ2n) is 5.97. The molecule has 1 unspecified atom stereocenters. The van der Waals surface area contributed by atoms with Gasteiger partial charge in [0.2, 0.25) is 0 Å². The minimum Gasteiger partial charge on any atom is -0.506 e. The molecule has 130 valence electrons. The van der Waals surface area contributed by atoms with Crippen LogP contribution in [0.25, 0.3) is 21.9 Å². The number of hydrogen-bond acceptors (Lipinski definition) is 4. The first kappa shape index (κ1) is 17.0. The largest absolute Gasteiger partial charge is 0.506 e. The van der Waals surface area contributed by atoms with E-state index < -0.39 is 10.8 Å². The highest BCUT2D eigenvalue weighted by molar-refractivity contribution is 7.85. The van der Waals surface area contributed by atoms with E-state index in [1.165, 1.54) is 0 Å². The van der Waals surface area contributed by atoms with Gasteiger partial charge in [-0.2, -0.15) is 5.26 Å². The summed E-state index contributed by atoms with van der Waals surface area (Å²) in [6.07, 6.45) is 3.32. The van der Waals surface area contributed by atoms with E-state index in [2.05, 4.69) is 11.1 Å². The van der Waals surface area contributed by atoms with E-state index in [1.807, 2.05) is 36.4 Å². The van der Waals surface area contributed by atoms with Crippen molar-refractivity contribution in [2.75, 3.05) is 0 Å². The smallest absolute Gasteiger partial charge is 0.140 e. The van der Waals surface area contributed by atoms with Gasteiger partial charge in [-0.1, -0.05) is 36.4 Å². The van der Waals surface area contributed by atoms with E-state index in [9.17, 15) is 9.32 Å². The summed E-state index contributed by atoms with van der Waals surface area (Å²) < 4.78 is 13.4. The third-order valence-electron chi connectivity index (χ3n) is 4.31. The van der Waals surface area contributed by atoms with Gasteiger partial charge >= 0.3 is 0 Å². The molecule has 5 heteroatoms. The Labute approximate surface area is 158 Å². The molecule has 4 aromatic rings. The number of phenols is 1. The molecule has 0 radical (unpaired) electrons. The summed E-state index contributed by atoms with van der Waals surface area (Å²) in [4.78, 5) is 4.92. The van der Waals surface area contributed by atoms with Gasteiger partial charge in [-0.05, 0) is 35.7 Å². The maximum atomic E-state index is 13.4. The molecule has 1 atom stereocenters. The van der Waals surface area contributed by atoms with Crippen molar-refractivity contribution in [2.45, 2.75) is 9.79 Å². The summed E-state index contributed by atoms with van der Waals surface area (Å²) in [6.45, 7) is 0. The number of fused-ring (bicyclic) bond motifs is 1. The number of hydrogen-bond donors (Lipinski definition) is 1. The van der Waals surface area contributed by atoms with E-state index in [1.54, 1.807) is 42.7 Å². The Bertz CT molecular complexity index is 1210. The van der Waals surface area contributed by atoms with Gasteiger partial charge in [0.05, 0.1) is 27.3 Å². The molecule has 4 rings (SSSR count). The van der Waals surface area contributed by atoms with E-state index in [0.717, 1.165) is 10.9 Å². The van der Waals surface area contributed by atoms with Gasteiger partial charge in [-0.15, -0.1) is 0 Å².